The highest BCUT2D eigenvalue weighted by molar-refractivity contribution is 6.38. The molecule has 4 aromatic rings. The Kier molecular flexibility index (Phi) is 10.0. The van der Waals surface area contributed by atoms with Crippen LogP contribution in [0.1, 0.15) is 50.3 Å². The lowest BCUT2D eigenvalue weighted by Gasteiger charge is -2.15. The zero-order chi connectivity index (χ0) is 29.7. The summed E-state index contributed by atoms with van der Waals surface area (Å²) < 4.78 is 16.6. The molecule has 0 radical (unpaired) electrons. The van der Waals surface area contributed by atoms with Gasteiger partial charge in [0.05, 0.1) is 26.8 Å². The summed E-state index contributed by atoms with van der Waals surface area (Å²) in [4.78, 5) is 24.1. The van der Waals surface area contributed by atoms with Crippen molar-refractivity contribution >= 4 is 40.2 Å². The smallest absolute Gasteiger partial charge is 0.354 e. The molecule has 0 fully saturated rings. The van der Waals surface area contributed by atoms with Gasteiger partial charge >= 0.3 is 5.69 Å². The molecule has 2 atom stereocenters. The molecule has 0 unspecified atom stereocenters. The SMILES string of the molecule is C[C@H](N)CCCc1cc(Cl)c(F)c(-c2[nH]c3nc(=O)n(-c4ccc([C@H](C)NCCCN=C(N)N)cc4)cc3c2Cl)c1. The van der Waals surface area contributed by atoms with E-state index in [9.17, 15) is 4.79 Å². The second kappa shape index (κ2) is 13.5. The van der Waals surface area contributed by atoms with Crippen LogP contribution >= 0.6 is 23.2 Å². The lowest BCUT2D eigenvalue weighted by Crippen LogP contribution is -2.24. The summed E-state index contributed by atoms with van der Waals surface area (Å²) in [7, 11) is 0. The standard InChI is InChI=1S/C29H35Cl2FN8O/c1-16(33)5-3-6-18-13-21(25(32)23(30)14-18)26-24(31)22-15-40(29(41)39-27(22)38-26)20-9-7-19(8-10-20)17(2)36-11-4-12-37-28(34)35/h7-10,13-17,36H,3-6,11-12,33H2,1-2H3,(H4,34,35,37)(H,38,39,41)/t16-,17-/m0/s1. The number of benzene rings is 2. The van der Waals surface area contributed by atoms with Gasteiger partial charge in [0.1, 0.15) is 5.65 Å². The maximum Gasteiger partial charge on any atom is 0.354 e. The molecule has 2 aromatic carbocycles. The van der Waals surface area contributed by atoms with E-state index in [4.69, 9.17) is 40.4 Å². The van der Waals surface area contributed by atoms with E-state index in [-0.39, 0.29) is 39.3 Å². The summed E-state index contributed by atoms with van der Waals surface area (Å²) in [6, 6.07) is 11.1. The van der Waals surface area contributed by atoms with Crippen LogP contribution < -0.4 is 28.2 Å². The molecule has 0 bridgehead atoms. The van der Waals surface area contributed by atoms with Crippen LogP contribution in [0.15, 0.2) is 52.4 Å². The average molecular weight is 602 g/mol. The molecule has 0 aliphatic rings. The Morgan fingerprint density at radius 2 is 1.90 bits per heavy atom. The van der Waals surface area contributed by atoms with Gasteiger partial charge in [0.25, 0.3) is 0 Å². The summed E-state index contributed by atoms with van der Waals surface area (Å²) in [6.07, 6.45) is 4.78. The number of nitrogens with two attached hydrogens (primary N) is 3. The lowest BCUT2D eigenvalue weighted by molar-refractivity contribution is 0.562. The first-order valence-corrected chi connectivity index (χ1v) is 14.2. The van der Waals surface area contributed by atoms with E-state index in [1.165, 1.54) is 4.57 Å². The van der Waals surface area contributed by atoms with Gasteiger partial charge in [-0.1, -0.05) is 35.3 Å². The van der Waals surface area contributed by atoms with Crippen molar-refractivity contribution in [3.8, 4) is 16.9 Å². The van der Waals surface area contributed by atoms with Gasteiger partial charge in [0, 0.05) is 30.4 Å². The number of aryl methyl sites for hydroxylation is 1. The molecule has 0 amide bonds. The Hall–Kier alpha value is -3.44. The summed E-state index contributed by atoms with van der Waals surface area (Å²) in [5, 5.41) is 4.16. The number of aromatic nitrogens is 3. The number of aliphatic imine (C=N–C) groups is 1. The van der Waals surface area contributed by atoms with Crippen molar-refractivity contribution in [1.29, 1.82) is 0 Å². The number of rotatable bonds is 12. The van der Waals surface area contributed by atoms with Crippen LogP contribution in [0.25, 0.3) is 28.0 Å². The first kappa shape index (κ1) is 30.5. The molecule has 0 saturated carbocycles. The Balaban J connectivity index is 1.58. The molecule has 0 spiro atoms. The largest absolute Gasteiger partial charge is 0.370 e. The summed E-state index contributed by atoms with van der Waals surface area (Å²) in [5.41, 5.74) is 19.4. The fourth-order valence-corrected chi connectivity index (χ4v) is 5.17. The zero-order valence-electron chi connectivity index (χ0n) is 23.1. The number of aromatic amines is 1. The van der Waals surface area contributed by atoms with Crippen LogP contribution in [0, 0.1) is 5.82 Å². The van der Waals surface area contributed by atoms with Crippen molar-refractivity contribution in [1.82, 2.24) is 19.9 Å². The van der Waals surface area contributed by atoms with Crippen LogP contribution in [-0.2, 0) is 6.42 Å². The van der Waals surface area contributed by atoms with Gasteiger partial charge in [-0.15, -0.1) is 0 Å². The fourth-order valence-electron chi connectivity index (χ4n) is 4.64. The van der Waals surface area contributed by atoms with E-state index in [0.29, 0.717) is 29.7 Å². The molecular formula is C29H35Cl2FN8O. The quantitative estimate of drug-likeness (QED) is 0.0893. The van der Waals surface area contributed by atoms with Crippen molar-refractivity contribution in [2.24, 2.45) is 22.2 Å². The minimum Gasteiger partial charge on any atom is -0.370 e. The highest BCUT2D eigenvalue weighted by Gasteiger charge is 2.20. The molecule has 218 valence electrons. The molecule has 9 nitrogen and oxygen atoms in total. The van der Waals surface area contributed by atoms with Crippen molar-refractivity contribution in [2.45, 2.75) is 51.6 Å². The summed E-state index contributed by atoms with van der Waals surface area (Å²) in [5.74, 6) is -0.510. The van der Waals surface area contributed by atoms with Gasteiger partial charge in [-0.3, -0.25) is 9.56 Å². The maximum atomic E-state index is 15.2. The predicted octanol–water partition coefficient (Wildman–Crippen LogP) is 4.81. The number of hydrogen-bond acceptors (Lipinski definition) is 5. The van der Waals surface area contributed by atoms with Gasteiger partial charge in [-0.05, 0) is 81.5 Å². The second-order valence-corrected chi connectivity index (χ2v) is 11.0. The third-order valence-corrected chi connectivity index (χ3v) is 7.53. The molecule has 2 aromatic heterocycles. The predicted molar refractivity (Wildman–Crippen MR) is 165 cm³/mol. The number of H-pyrrole nitrogens is 1. The molecule has 41 heavy (non-hydrogen) atoms. The summed E-state index contributed by atoms with van der Waals surface area (Å²) in [6.45, 7) is 5.30. The van der Waals surface area contributed by atoms with Crippen molar-refractivity contribution in [3.05, 3.63) is 80.1 Å². The van der Waals surface area contributed by atoms with Crippen LogP contribution in [0.5, 0.6) is 0 Å². The third kappa shape index (κ3) is 7.45. The Labute approximate surface area is 247 Å². The van der Waals surface area contributed by atoms with Crippen LogP contribution in [0.3, 0.4) is 0 Å². The number of hydrogen-bond donors (Lipinski definition) is 5. The molecule has 2 heterocycles. The minimum atomic E-state index is -0.596. The number of nitrogens with one attached hydrogen (secondary N) is 2. The Morgan fingerprint density at radius 1 is 1.17 bits per heavy atom. The molecule has 8 N–H and O–H groups in total. The molecular weight excluding hydrogens is 566 g/mol. The normalized spacial score (nSPS) is 12.9. The van der Waals surface area contributed by atoms with Gasteiger partial charge < -0.3 is 27.5 Å². The Morgan fingerprint density at radius 3 is 2.59 bits per heavy atom. The van der Waals surface area contributed by atoms with Gasteiger partial charge in [-0.25, -0.2) is 9.18 Å². The highest BCUT2D eigenvalue weighted by Crippen LogP contribution is 2.37. The number of nitrogens with zero attached hydrogens (tertiary/aromatic N) is 3. The van der Waals surface area contributed by atoms with Crippen molar-refractivity contribution in [2.75, 3.05) is 13.1 Å². The number of guanidine groups is 1. The molecule has 4 rings (SSSR count). The Bertz CT molecular complexity index is 1590. The van der Waals surface area contributed by atoms with Crippen molar-refractivity contribution < 1.29 is 4.39 Å². The molecule has 0 aliphatic heterocycles. The lowest BCUT2D eigenvalue weighted by atomic mass is 10.0. The van der Waals surface area contributed by atoms with Crippen LogP contribution in [0.4, 0.5) is 4.39 Å². The van der Waals surface area contributed by atoms with Crippen LogP contribution in [0.2, 0.25) is 10.0 Å². The molecule has 0 aliphatic carbocycles. The number of halogens is 3. The topological polar surface area (TPSA) is 153 Å². The van der Waals surface area contributed by atoms with Gasteiger partial charge in [0.15, 0.2) is 11.8 Å². The highest BCUT2D eigenvalue weighted by atomic mass is 35.5. The monoisotopic (exact) mass is 600 g/mol. The average Bonchev–Trinajstić information content (AvgIpc) is 3.24. The first-order valence-electron chi connectivity index (χ1n) is 13.5. The zero-order valence-corrected chi connectivity index (χ0v) is 24.6. The number of fused-ring (bicyclic) bond motifs is 1. The van der Waals surface area contributed by atoms with Gasteiger partial charge in [0.2, 0.25) is 0 Å². The van der Waals surface area contributed by atoms with Crippen LogP contribution in [-0.4, -0.2) is 39.6 Å². The van der Waals surface area contributed by atoms with E-state index in [1.54, 1.807) is 18.3 Å². The van der Waals surface area contributed by atoms with E-state index < -0.39 is 11.5 Å². The molecule has 12 heteroatoms. The second-order valence-electron chi connectivity index (χ2n) is 10.2. The first-order chi connectivity index (χ1) is 19.5. The van der Waals surface area contributed by atoms with E-state index in [0.717, 1.165) is 36.9 Å². The molecule has 0 saturated heterocycles. The van der Waals surface area contributed by atoms with Gasteiger partial charge in [-0.2, -0.15) is 4.98 Å². The minimum absolute atomic E-state index is 0.00174. The van der Waals surface area contributed by atoms with E-state index in [2.05, 4.69) is 27.2 Å². The van der Waals surface area contributed by atoms with Crippen molar-refractivity contribution in [3.63, 3.8) is 0 Å². The maximum absolute atomic E-state index is 15.2. The summed E-state index contributed by atoms with van der Waals surface area (Å²) >= 11 is 13.0. The fraction of sp³-hybridized carbons (Fsp3) is 0.345. The van der Waals surface area contributed by atoms with E-state index in [1.807, 2.05) is 31.2 Å². The van der Waals surface area contributed by atoms with E-state index >= 15 is 4.39 Å². The third-order valence-electron chi connectivity index (χ3n) is 6.86.